The summed E-state index contributed by atoms with van der Waals surface area (Å²) >= 11 is 6.01. The zero-order valence-corrected chi connectivity index (χ0v) is 9.08. The molecular weight excluding hydrogens is 214 g/mol. The maximum Gasteiger partial charge on any atom is 0.137 e. The Morgan fingerprint density at radius 1 is 1.60 bits per heavy atom. The first-order chi connectivity index (χ1) is 7.26. The third-order valence-corrected chi connectivity index (χ3v) is 2.59. The highest BCUT2D eigenvalue weighted by atomic mass is 35.5. The second kappa shape index (κ2) is 4.18. The number of halogens is 1. The van der Waals surface area contributed by atoms with E-state index in [0.717, 1.165) is 11.0 Å². The fraction of sp³-hybridized carbons (Fsp3) is 0.300. The van der Waals surface area contributed by atoms with Crippen LogP contribution in [0.25, 0.3) is 11.0 Å². The van der Waals surface area contributed by atoms with E-state index in [1.54, 1.807) is 13.2 Å². The number of hydrogen-bond donors (Lipinski definition) is 2. The molecule has 1 aromatic heterocycles. The number of benzene rings is 1. The van der Waals surface area contributed by atoms with E-state index in [4.69, 9.17) is 22.1 Å². The van der Waals surface area contributed by atoms with E-state index in [2.05, 4.69) is 9.97 Å². The molecule has 0 saturated carbocycles. The number of para-hydroxylation sites is 1. The Hall–Kier alpha value is -1.10. The fourth-order valence-corrected chi connectivity index (χ4v) is 1.70. The minimum absolute atomic E-state index is 0.214. The zero-order valence-electron chi connectivity index (χ0n) is 8.33. The van der Waals surface area contributed by atoms with Crippen molar-refractivity contribution in [1.29, 1.82) is 0 Å². The first-order valence-corrected chi connectivity index (χ1v) is 5.01. The number of fused-ring (bicyclic) bond motifs is 1. The van der Waals surface area contributed by atoms with Gasteiger partial charge in [-0.25, -0.2) is 4.98 Å². The van der Waals surface area contributed by atoms with Crippen molar-refractivity contribution in [1.82, 2.24) is 9.97 Å². The molecule has 1 atom stereocenters. The van der Waals surface area contributed by atoms with E-state index in [0.29, 0.717) is 17.4 Å². The Balaban J connectivity index is 2.51. The Kier molecular flexibility index (Phi) is 2.90. The number of aromatic nitrogens is 2. The first-order valence-electron chi connectivity index (χ1n) is 4.63. The maximum atomic E-state index is 6.01. The summed E-state index contributed by atoms with van der Waals surface area (Å²) in [6.07, 6.45) is -0.214. The van der Waals surface area contributed by atoms with E-state index < -0.39 is 0 Å². The molecule has 1 heterocycles. The predicted octanol–water partition coefficient (Wildman–Crippen LogP) is 1.86. The van der Waals surface area contributed by atoms with E-state index in [1.807, 2.05) is 12.1 Å². The largest absolute Gasteiger partial charge is 0.372 e. The molecule has 0 aliphatic heterocycles. The van der Waals surface area contributed by atoms with Crippen LogP contribution < -0.4 is 5.73 Å². The molecular formula is C10H12ClN3O. The normalized spacial score (nSPS) is 13.3. The number of methoxy groups -OCH3 is 1. The Morgan fingerprint density at radius 3 is 3.00 bits per heavy atom. The molecule has 3 N–H and O–H groups in total. The lowest BCUT2D eigenvalue weighted by molar-refractivity contribution is 0.104. The fourth-order valence-electron chi connectivity index (χ4n) is 1.49. The van der Waals surface area contributed by atoms with Crippen molar-refractivity contribution in [3.63, 3.8) is 0 Å². The summed E-state index contributed by atoms with van der Waals surface area (Å²) in [6, 6.07) is 5.59. The smallest absolute Gasteiger partial charge is 0.137 e. The van der Waals surface area contributed by atoms with Gasteiger partial charge in [-0.15, -0.1) is 0 Å². The molecule has 0 bridgehead atoms. The number of rotatable bonds is 3. The van der Waals surface area contributed by atoms with Crippen LogP contribution in [0.5, 0.6) is 0 Å². The van der Waals surface area contributed by atoms with E-state index in [9.17, 15) is 0 Å². The highest BCUT2D eigenvalue weighted by Crippen LogP contribution is 2.23. The molecule has 0 amide bonds. The lowest BCUT2D eigenvalue weighted by Crippen LogP contribution is -2.15. The maximum absolute atomic E-state index is 6.01. The monoisotopic (exact) mass is 225 g/mol. The Labute approximate surface area is 92.4 Å². The van der Waals surface area contributed by atoms with Crippen LogP contribution in [-0.4, -0.2) is 23.6 Å². The van der Waals surface area contributed by atoms with Gasteiger partial charge in [0.05, 0.1) is 10.5 Å². The van der Waals surface area contributed by atoms with Gasteiger partial charge in [-0.2, -0.15) is 0 Å². The van der Waals surface area contributed by atoms with Crippen LogP contribution in [0.4, 0.5) is 0 Å². The minimum atomic E-state index is -0.214. The molecule has 80 valence electrons. The second-order valence-electron chi connectivity index (χ2n) is 3.22. The van der Waals surface area contributed by atoms with Crippen molar-refractivity contribution < 1.29 is 4.74 Å². The molecule has 4 nitrogen and oxygen atoms in total. The zero-order chi connectivity index (χ0) is 10.8. The summed E-state index contributed by atoms with van der Waals surface area (Å²) < 4.78 is 5.19. The third-order valence-electron chi connectivity index (χ3n) is 2.29. The van der Waals surface area contributed by atoms with Crippen molar-refractivity contribution in [3.05, 3.63) is 29.0 Å². The van der Waals surface area contributed by atoms with Gasteiger partial charge in [-0.1, -0.05) is 17.7 Å². The lowest BCUT2D eigenvalue weighted by Gasteiger charge is -2.08. The van der Waals surface area contributed by atoms with Crippen LogP contribution >= 0.6 is 11.6 Å². The van der Waals surface area contributed by atoms with Crippen molar-refractivity contribution >= 4 is 22.6 Å². The summed E-state index contributed by atoms with van der Waals surface area (Å²) in [5, 5.41) is 0.627. The first kappa shape index (κ1) is 10.4. The van der Waals surface area contributed by atoms with Crippen LogP contribution in [0, 0.1) is 0 Å². The summed E-state index contributed by atoms with van der Waals surface area (Å²) in [5.74, 6) is 0.711. The highest BCUT2D eigenvalue weighted by Gasteiger charge is 2.14. The Morgan fingerprint density at radius 2 is 2.40 bits per heavy atom. The van der Waals surface area contributed by atoms with Gasteiger partial charge in [-0.05, 0) is 12.1 Å². The molecule has 0 aliphatic rings. The van der Waals surface area contributed by atoms with Gasteiger partial charge in [0.25, 0.3) is 0 Å². The van der Waals surface area contributed by atoms with Crippen LogP contribution in [0.3, 0.4) is 0 Å². The van der Waals surface area contributed by atoms with Gasteiger partial charge in [0, 0.05) is 13.7 Å². The molecule has 1 unspecified atom stereocenters. The van der Waals surface area contributed by atoms with Gasteiger partial charge >= 0.3 is 0 Å². The number of nitrogens with zero attached hydrogens (tertiary/aromatic N) is 1. The summed E-state index contributed by atoms with van der Waals surface area (Å²) in [4.78, 5) is 7.50. The predicted molar refractivity (Wildman–Crippen MR) is 59.9 cm³/mol. The van der Waals surface area contributed by atoms with Crippen LogP contribution in [-0.2, 0) is 4.74 Å². The van der Waals surface area contributed by atoms with Crippen LogP contribution in [0.1, 0.15) is 11.9 Å². The number of hydrogen-bond acceptors (Lipinski definition) is 3. The standard InChI is InChI=1S/C10H12ClN3O/c1-15-8(5-12)10-13-7-4-2-3-6(11)9(7)14-10/h2-4,8H,5,12H2,1H3,(H,13,14). The summed E-state index contributed by atoms with van der Waals surface area (Å²) in [5.41, 5.74) is 7.21. The molecule has 0 saturated heterocycles. The van der Waals surface area contributed by atoms with E-state index in [1.165, 1.54) is 0 Å². The molecule has 15 heavy (non-hydrogen) atoms. The average Bonchev–Trinajstić information content (AvgIpc) is 2.65. The van der Waals surface area contributed by atoms with Crippen molar-refractivity contribution in [2.75, 3.05) is 13.7 Å². The number of nitrogens with two attached hydrogens (primary N) is 1. The lowest BCUT2D eigenvalue weighted by atomic mass is 10.3. The number of ether oxygens (including phenoxy) is 1. The molecule has 0 radical (unpaired) electrons. The molecule has 2 rings (SSSR count). The molecule has 0 fully saturated rings. The molecule has 5 heteroatoms. The Bertz CT molecular complexity index is 465. The number of imidazole rings is 1. The highest BCUT2D eigenvalue weighted by molar-refractivity contribution is 6.34. The van der Waals surface area contributed by atoms with Crippen molar-refractivity contribution in [3.8, 4) is 0 Å². The number of nitrogens with one attached hydrogen (secondary N) is 1. The van der Waals surface area contributed by atoms with Crippen molar-refractivity contribution in [2.45, 2.75) is 6.10 Å². The van der Waals surface area contributed by atoms with Crippen LogP contribution in [0.2, 0.25) is 5.02 Å². The minimum Gasteiger partial charge on any atom is -0.372 e. The quantitative estimate of drug-likeness (QED) is 0.838. The third kappa shape index (κ3) is 1.84. The van der Waals surface area contributed by atoms with E-state index >= 15 is 0 Å². The average molecular weight is 226 g/mol. The molecule has 0 spiro atoms. The van der Waals surface area contributed by atoms with Gasteiger partial charge in [0.2, 0.25) is 0 Å². The topological polar surface area (TPSA) is 63.9 Å². The summed E-state index contributed by atoms with van der Waals surface area (Å²) in [7, 11) is 1.60. The van der Waals surface area contributed by atoms with Crippen LogP contribution in [0.15, 0.2) is 18.2 Å². The second-order valence-corrected chi connectivity index (χ2v) is 3.63. The molecule has 1 aromatic carbocycles. The van der Waals surface area contributed by atoms with Gasteiger partial charge in [0.15, 0.2) is 0 Å². The summed E-state index contributed by atoms with van der Waals surface area (Å²) in [6.45, 7) is 0.383. The molecule has 2 aromatic rings. The van der Waals surface area contributed by atoms with Gasteiger partial charge < -0.3 is 15.5 Å². The van der Waals surface area contributed by atoms with E-state index in [-0.39, 0.29) is 6.10 Å². The SMILES string of the molecule is COC(CN)c1nc2c(Cl)cccc2[nH]1. The molecule has 0 aliphatic carbocycles. The van der Waals surface area contributed by atoms with Gasteiger partial charge in [-0.3, -0.25) is 0 Å². The number of aromatic amines is 1. The van der Waals surface area contributed by atoms with Gasteiger partial charge in [0.1, 0.15) is 17.4 Å². The van der Waals surface area contributed by atoms with Crippen molar-refractivity contribution in [2.24, 2.45) is 5.73 Å². The number of H-pyrrole nitrogens is 1.